The van der Waals surface area contributed by atoms with Gasteiger partial charge in [0.2, 0.25) is 0 Å². The zero-order valence-electron chi connectivity index (χ0n) is 12.9. The number of benzene rings is 2. The van der Waals surface area contributed by atoms with E-state index in [-0.39, 0.29) is 6.04 Å². The van der Waals surface area contributed by atoms with Gasteiger partial charge in [0.25, 0.3) is 0 Å². The first kappa shape index (κ1) is 15.6. The Hall–Kier alpha value is -2.24. The summed E-state index contributed by atoms with van der Waals surface area (Å²) in [7, 11) is 1.76. The molecule has 0 fully saturated rings. The third-order valence-electron chi connectivity index (χ3n) is 3.64. The first-order valence-electron chi connectivity index (χ1n) is 7.47. The van der Waals surface area contributed by atoms with Crippen molar-refractivity contribution >= 4 is 11.6 Å². The van der Waals surface area contributed by atoms with Gasteiger partial charge in [0.1, 0.15) is 0 Å². The van der Waals surface area contributed by atoms with Crippen molar-refractivity contribution < 1.29 is 0 Å². The van der Waals surface area contributed by atoms with Gasteiger partial charge in [-0.3, -0.25) is 0 Å². The minimum absolute atomic E-state index is 0.125. The molecular formula is C17H18ClN5. The van der Waals surface area contributed by atoms with Crippen LogP contribution in [-0.2, 0) is 20.0 Å². The predicted octanol–water partition coefficient (Wildman–Crippen LogP) is 2.94. The van der Waals surface area contributed by atoms with Crippen LogP contribution >= 0.6 is 11.6 Å². The number of hydrogen-bond donors (Lipinski definition) is 1. The summed E-state index contributed by atoms with van der Waals surface area (Å²) in [5.74, 6) is 0.674. The van der Waals surface area contributed by atoms with Gasteiger partial charge in [0, 0.05) is 11.1 Å². The van der Waals surface area contributed by atoms with E-state index >= 15 is 0 Å². The highest BCUT2D eigenvalue weighted by molar-refractivity contribution is 6.31. The predicted molar refractivity (Wildman–Crippen MR) is 90.0 cm³/mol. The van der Waals surface area contributed by atoms with E-state index in [1.54, 1.807) is 7.05 Å². The van der Waals surface area contributed by atoms with Gasteiger partial charge in [-0.25, -0.2) is 0 Å². The molecule has 0 saturated carbocycles. The Morgan fingerprint density at radius 3 is 2.52 bits per heavy atom. The zero-order valence-corrected chi connectivity index (χ0v) is 13.6. The van der Waals surface area contributed by atoms with Crippen molar-refractivity contribution in [2.24, 2.45) is 7.05 Å². The smallest absolute Gasteiger partial charge is 0.188 e. The molecule has 0 aliphatic heterocycles. The molecule has 0 radical (unpaired) electrons. The first-order valence-corrected chi connectivity index (χ1v) is 7.85. The van der Waals surface area contributed by atoms with Crippen molar-refractivity contribution in [1.29, 1.82) is 0 Å². The molecule has 0 aliphatic carbocycles. The zero-order chi connectivity index (χ0) is 16.1. The van der Waals surface area contributed by atoms with E-state index in [4.69, 9.17) is 11.6 Å². The van der Waals surface area contributed by atoms with Crippen molar-refractivity contribution in [3.05, 3.63) is 76.6 Å². The van der Waals surface area contributed by atoms with E-state index in [0.717, 1.165) is 17.0 Å². The van der Waals surface area contributed by atoms with Gasteiger partial charge in [-0.05, 0) is 28.8 Å². The Morgan fingerprint density at radius 2 is 1.83 bits per heavy atom. The lowest BCUT2D eigenvalue weighted by Crippen LogP contribution is -2.23. The topological polar surface area (TPSA) is 55.6 Å². The van der Waals surface area contributed by atoms with Crippen LogP contribution in [0.4, 0.5) is 0 Å². The molecule has 5 nitrogen and oxygen atoms in total. The van der Waals surface area contributed by atoms with Crippen molar-refractivity contribution in [1.82, 2.24) is 25.5 Å². The van der Waals surface area contributed by atoms with E-state index < -0.39 is 0 Å². The second-order valence-electron chi connectivity index (χ2n) is 5.33. The quantitative estimate of drug-likeness (QED) is 0.756. The number of hydrogen-bond acceptors (Lipinski definition) is 4. The van der Waals surface area contributed by atoms with Crippen LogP contribution in [0.2, 0.25) is 5.02 Å². The molecule has 3 rings (SSSR count). The second kappa shape index (κ2) is 7.35. The van der Waals surface area contributed by atoms with Crippen LogP contribution in [0.3, 0.4) is 0 Å². The Bertz CT molecular complexity index is 756. The number of rotatable bonds is 6. The molecule has 0 aliphatic rings. The number of tetrazole rings is 1. The summed E-state index contributed by atoms with van der Waals surface area (Å²) in [5.41, 5.74) is 2.32. The number of nitrogens with zero attached hydrogens (tertiary/aromatic N) is 4. The van der Waals surface area contributed by atoms with Gasteiger partial charge in [0.15, 0.2) is 5.82 Å². The van der Waals surface area contributed by atoms with Gasteiger partial charge in [-0.1, -0.05) is 60.1 Å². The van der Waals surface area contributed by atoms with E-state index in [0.29, 0.717) is 12.4 Å². The summed E-state index contributed by atoms with van der Waals surface area (Å²) in [6.07, 6.45) is 0.796. The summed E-state index contributed by atoms with van der Waals surface area (Å²) >= 11 is 6.31. The Labute approximate surface area is 140 Å². The maximum Gasteiger partial charge on any atom is 0.188 e. The third-order valence-corrected chi connectivity index (χ3v) is 4.01. The molecular weight excluding hydrogens is 310 g/mol. The number of aryl methyl sites for hydroxylation is 1. The molecule has 0 spiro atoms. The van der Waals surface area contributed by atoms with Crippen LogP contribution in [0.25, 0.3) is 0 Å². The van der Waals surface area contributed by atoms with Crippen molar-refractivity contribution in [3.8, 4) is 0 Å². The Morgan fingerprint density at radius 1 is 1.09 bits per heavy atom. The van der Waals surface area contributed by atoms with Gasteiger partial charge in [-0.2, -0.15) is 4.80 Å². The third kappa shape index (κ3) is 4.15. The maximum atomic E-state index is 6.31. The van der Waals surface area contributed by atoms with Crippen LogP contribution in [0.15, 0.2) is 54.6 Å². The van der Waals surface area contributed by atoms with Crippen LogP contribution in [0.5, 0.6) is 0 Å². The standard InChI is InChI=1S/C17H18ClN5/c1-23-21-17(20-22-23)12-19-16(13-7-3-2-4-8-13)11-14-9-5-6-10-15(14)18/h2-10,16,19H,11-12H2,1H3/t16-/m1/s1. The summed E-state index contributed by atoms with van der Waals surface area (Å²) in [5, 5.41) is 16.4. The van der Waals surface area contributed by atoms with E-state index in [1.807, 2.05) is 36.4 Å². The van der Waals surface area contributed by atoms with Crippen LogP contribution in [0, 0.1) is 0 Å². The average molecular weight is 328 g/mol. The number of aromatic nitrogens is 4. The molecule has 0 saturated heterocycles. The van der Waals surface area contributed by atoms with Gasteiger partial charge >= 0.3 is 0 Å². The van der Waals surface area contributed by atoms with Crippen molar-refractivity contribution in [2.45, 2.75) is 19.0 Å². The fourth-order valence-electron chi connectivity index (χ4n) is 2.49. The molecule has 0 bridgehead atoms. The summed E-state index contributed by atoms with van der Waals surface area (Å²) in [6, 6.07) is 18.4. The fourth-order valence-corrected chi connectivity index (χ4v) is 2.70. The monoisotopic (exact) mass is 327 g/mol. The van der Waals surface area contributed by atoms with Crippen LogP contribution in [0.1, 0.15) is 23.0 Å². The fraction of sp³-hybridized carbons (Fsp3) is 0.235. The molecule has 118 valence electrons. The van der Waals surface area contributed by atoms with E-state index in [1.165, 1.54) is 10.4 Å². The normalized spacial score (nSPS) is 12.3. The highest BCUT2D eigenvalue weighted by Crippen LogP contribution is 2.23. The molecule has 1 N–H and O–H groups in total. The largest absolute Gasteiger partial charge is 0.302 e. The van der Waals surface area contributed by atoms with Gasteiger partial charge in [-0.15, -0.1) is 10.2 Å². The van der Waals surface area contributed by atoms with E-state index in [9.17, 15) is 0 Å². The lowest BCUT2D eigenvalue weighted by Gasteiger charge is -2.19. The molecule has 0 amide bonds. The Balaban J connectivity index is 1.78. The summed E-state index contributed by atoms with van der Waals surface area (Å²) in [4.78, 5) is 1.46. The molecule has 3 aromatic rings. The molecule has 23 heavy (non-hydrogen) atoms. The molecule has 1 aromatic heterocycles. The Kier molecular flexibility index (Phi) is 5.00. The number of nitrogens with one attached hydrogen (secondary N) is 1. The molecule has 1 heterocycles. The molecule has 6 heteroatoms. The average Bonchev–Trinajstić information content (AvgIpc) is 2.99. The summed E-state index contributed by atoms with van der Waals surface area (Å²) in [6.45, 7) is 0.553. The molecule has 2 aromatic carbocycles. The lowest BCUT2D eigenvalue weighted by molar-refractivity contribution is 0.517. The number of halogens is 1. The van der Waals surface area contributed by atoms with Gasteiger partial charge in [0.05, 0.1) is 13.6 Å². The lowest BCUT2D eigenvalue weighted by atomic mass is 9.99. The van der Waals surface area contributed by atoms with Crippen molar-refractivity contribution in [3.63, 3.8) is 0 Å². The molecule has 1 atom stereocenters. The van der Waals surface area contributed by atoms with Crippen LogP contribution < -0.4 is 5.32 Å². The first-order chi connectivity index (χ1) is 11.2. The van der Waals surface area contributed by atoms with Crippen molar-refractivity contribution in [2.75, 3.05) is 0 Å². The highest BCUT2D eigenvalue weighted by Gasteiger charge is 2.14. The summed E-state index contributed by atoms with van der Waals surface area (Å²) < 4.78 is 0. The highest BCUT2D eigenvalue weighted by atomic mass is 35.5. The van der Waals surface area contributed by atoms with E-state index in [2.05, 4.69) is 38.9 Å². The second-order valence-corrected chi connectivity index (χ2v) is 5.74. The van der Waals surface area contributed by atoms with Crippen LogP contribution in [-0.4, -0.2) is 20.2 Å². The SMILES string of the molecule is Cn1nnc(CN[C@H](Cc2ccccc2Cl)c2ccccc2)n1. The maximum absolute atomic E-state index is 6.31. The minimum atomic E-state index is 0.125. The minimum Gasteiger partial charge on any atom is -0.302 e. The van der Waals surface area contributed by atoms with Gasteiger partial charge < -0.3 is 5.32 Å². The molecule has 0 unspecified atom stereocenters.